The third kappa shape index (κ3) is 50.4. The zero-order valence-electron chi connectivity index (χ0n) is 42.6. The average molecular weight is 897 g/mol. The number of ether oxygens (including phenoxy) is 3. The maximum atomic E-state index is 12.8. The Balaban J connectivity index is 4.37. The minimum atomic E-state index is -0.779. The van der Waals surface area contributed by atoms with E-state index in [0.717, 1.165) is 96.3 Å². The predicted molar refractivity (Wildman–Crippen MR) is 275 cm³/mol. The number of carbonyl (C=O) groups is 3. The van der Waals surface area contributed by atoms with Gasteiger partial charge < -0.3 is 14.2 Å². The van der Waals surface area contributed by atoms with E-state index in [-0.39, 0.29) is 31.1 Å². The van der Waals surface area contributed by atoms with Crippen LogP contribution in [0.15, 0.2) is 48.6 Å². The molecule has 0 rings (SSSR count). The Morgan fingerprint density at radius 2 is 0.594 bits per heavy atom. The largest absolute Gasteiger partial charge is 0.462 e. The molecule has 0 amide bonds. The number of unbranched alkanes of at least 4 members (excludes halogenated alkanes) is 31. The van der Waals surface area contributed by atoms with Gasteiger partial charge in [-0.05, 0) is 77.0 Å². The fourth-order valence-corrected chi connectivity index (χ4v) is 7.86. The standard InChI is InChI=1S/C58H104O6/c1-4-7-10-13-16-19-22-25-27-29-31-33-36-39-42-45-48-51-57(60)63-54-55(53-62-56(59)50-47-44-41-38-35-32-24-21-18-15-12-9-6-3)64-58(61)52-49-46-43-40-37-34-30-28-26-23-20-17-14-11-8-5-2/h12,15-16,19,21,24-25,27,55H,4-11,13-14,17-18,20,22-23,26,28-54H2,1-3H3/b15-12-,19-16-,24-21-,27-25-. The molecule has 0 aromatic rings. The first kappa shape index (κ1) is 61.4. The van der Waals surface area contributed by atoms with Crippen molar-refractivity contribution in [1.29, 1.82) is 0 Å². The summed E-state index contributed by atoms with van der Waals surface area (Å²) < 4.78 is 16.8. The summed E-state index contributed by atoms with van der Waals surface area (Å²) in [6.45, 7) is 6.56. The molecular formula is C58H104O6. The summed E-state index contributed by atoms with van der Waals surface area (Å²) in [6.07, 6.45) is 63.8. The molecule has 0 radical (unpaired) electrons. The van der Waals surface area contributed by atoms with Gasteiger partial charge in [0.25, 0.3) is 0 Å². The van der Waals surface area contributed by atoms with Crippen LogP contribution >= 0.6 is 0 Å². The third-order valence-electron chi connectivity index (χ3n) is 12.0. The fraction of sp³-hybridized carbons (Fsp3) is 0.810. The second kappa shape index (κ2) is 53.0. The normalized spacial score (nSPS) is 12.4. The molecular weight excluding hydrogens is 793 g/mol. The zero-order chi connectivity index (χ0) is 46.5. The zero-order valence-corrected chi connectivity index (χ0v) is 42.6. The summed E-state index contributed by atoms with van der Waals surface area (Å²) in [5, 5.41) is 0. The predicted octanol–water partition coefficient (Wildman–Crippen LogP) is 18.3. The highest BCUT2D eigenvalue weighted by Gasteiger charge is 2.19. The number of carbonyl (C=O) groups excluding carboxylic acids is 3. The molecule has 0 aromatic carbocycles. The highest BCUT2D eigenvalue weighted by molar-refractivity contribution is 5.71. The number of allylic oxidation sites excluding steroid dienone is 8. The van der Waals surface area contributed by atoms with E-state index in [1.54, 1.807) is 0 Å². The van der Waals surface area contributed by atoms with Gasteiger partial charge in [0, 0.05) is 19.3 Å². The average Bonchev–Trinajstić information content (AvgIpc) is 3.29. The quantitative estimate of drug-likeness (QED) is 0.0262. The van der Waals surface area contributed by atoms with E-state index in [9.17, 15) is 14.4 Å². The first-order chi connectivity index (χ1) is 31.5. The first-order valence-electron chi connectivity index (χ1n) is 27.6. The second-order valence-electron chi connectivity index (χ2n) is 18.5. The van der Waals surface area contributed by atoms with Crippen molar-refractivity contribution in [2.24, 2.45) is 0 Å². The van der Waals surface area contributed by atoms with Crippen molar-refractivity contribution in [1.82, 2.24) is 0 Å². The van der Waals surface area contributed by atoms with Gasteiger partial charge in [0.2, 0.25) is 0 Å². The van der Waals surface area contributed by atoms with Gasteiger partial charge in [-0.25, -0.2) is 0 Å². The highest BCUT2D eigenvalue weighted by atomic mass is 16.6. The van der Waals surface area contributed by atoms with Crippen molar-refractivity contribution in [3.63, 3.8) is 0 Å². The summed E-state index contributed by atoms with van der Waals surface area (Å²) in [7, 11) is 0. The Labute approximate surface area is 397 Å². The van der Waals surface area contributed by atoms with Crippen molar-refractivity contribution in [2.75, 3.05) is 13.2 Å². The summed E-state index contributed by atoms with van der Waals surface area (Å²) in [4.78, 5) is 38.1. The van der Waals surface area contributed by atoms with Crippen molar-refractivity contribution < 1.29 is 28.6 Å². The van der Waals surface area contributed by atoms with Crippen LogP contribution in [-0.2, 0) is 28.6 Å². The van der Waals surface area contributed by atoms with Crippen molar-refractivity contribution in [3.8, 4) is 0 Å². The van der Waals surface area contributed by atoms with E-state index in [1.807, 2.05) is 0 Å². The van der Waals surface area contributed by atoms with E-state index >= 15 is 0 Å². The Hall–Kier alpha value is -2.63. The van der Waals surface area contributed by atoms with Crippen LogP contribution in [0, 0.1) is 0 Å². The topological polar surface area (TPSA) is 78.9 Å². The van der Waals surface area contributed by atoms with Crippen LogP contribution in [0.25, 0.3) is 0 Å². The van der Waals surface area contributed by atoms with Crippen LogP contribution in [0.1, 0.15) is 284 Å². The molecule has 0 N–H and O–H groups in total. The first-order valence-corrected chi connectivity index (χ1v) is 27.6. The van der Waals surface area contributed by atoms with Gasteiger partial charge in [0.05, 0.1) is 0 Å². The molecule has 0 aromatic heterocycles. The van der Waals surface area contributed by atoms with E-state index in [0.29, 0.717) is 19.3 Å². The molecule has 372 valence electrons. The molecule has 0 aliphatic carbocycles. The second-order valence-corrected chi connectivity index (χ2v) is 18.5. The van der Waals surface area contributed by atoms with Gasteiger partial charge in [-0.2, -0.15) is 0 Å². The lowest BCUT2D eigenvalue weighted by Crippen LogP contribution is -2.30. The smallest absolute Gasteiger partial charge is 0.306 e. The molecule has 0 saturated carbocycles. The van der Waals surface area contributed by atoms with Crippen molar-refractivity contribution in [2.45, 2.75) is 290 Å². The van der Waals surface area contributed by atoms with E-state index in [1.165, 1.54) is 148 Å². The SMILES string of the molecule is CCC/C=C\C/C=C\CCCCCCCC(=O)OCC(COC(=O)CCCCCCCCC/C=C\C/C=C\CCCCC)OC(=O)CCCCCCCCCCCCCCCCCC. The summed E-state index contributed by atoms with van der Waals surface area (Å²) >= 11 is 0. The maximum Gasteiger partial charge on any atom is 0.306 e. The van der Waals surface area contributed by atoms with Gasteiger partial charge in [0.1, 0.15) is 13.2 Å². The number of rotatable bonds is 50. The van der Waals surface area contributed by atoms with Crippen LogP contribution in [0.5, 0.6) is 0 Å². The molecule has 1 atom stereocenters. The Morgan fingerprint density at radius 1 is 0.312 bits per heavy atom. The molecule has 0 saturated heterocycles. The lowest BCUT2D eigenvalue weighted by atomic mass is 10.0. The van der Waals surface area contributed by atoms with E-state index in [2.05, 4.69) is 69.4 Å². The molecule has 1 unspecified atom stereocenters. The van der Waals surface area contributed by atoms with Gasteiger partial charge in [-0.1, -0.05) is 236 Å². The molecule has 0 spiro atoms. The minimum Gasteiger partial charge on any atom is -0.462 e. The maximum absolute atomic E-state index is 12.8. The van der Waals surface area contributed by atoms with Crippen LogP contribution in [0.4, 0.5) is 0 Å². The highest BCUT2D eigenvalue weighted by Crippen LogP contribution is 2.16. The summed E-state index contributed by atoms with van der Waals surface area (Å²) in [5.74, 6) is -0.889. The van der Waals surface area contributed by atoms with Crippen molar-refractivity contribution in [3.05, 3.63) is 48.6 Å². The molecule has 0 bridgehead atoms. The van der Waals surface area contributed by atoms with Crippen LogP contribution < -0.4 is 0 Å². The summed E-state index contributed by atoms with van der Waals surface area (Å²) in [5.41, 5.74) is 0. The molecule has 0 fully saturated rings. The minimum absolute atomic E-state index is 0.0794. The Morgan fingerprint density at radius 3 is 0.953 bits per heavy atom. The Kier molecular flexibility index (Phi) is 50.8. The lowest BCUT2D eigenvalue weighted by molar-refractivity contribution is -0.167. The molecule has 0 aliphatic heterocycles. The molecule has 0 aliphatic rings. The number of hydrogen-bond donors (Lipinski definition) is 0. The molecule has 6 heteroatoms. The summed E-state index contributed by atoms with van der Waals surface area (Å²) in [6, 6.07) is 0. The van der Waals surface area contributed by atoms with Gasteiger partial charge >= 0.3 is 17.9 Å². The monoisotopic (exact) mass is 897 g/mol. The molecule has 6 nitrogen and oxygen atoms in total. The van der Waals surface area contributed by atoms with Crippen LogP contribution in [0.3, 0.4) is 0 Å². The van der Waals surface area contributed by atoms with Crippen LogP contribution in [-0.4, -0.2) is 37.2 Å². The number of esters is 3. The van der Waals surface area contributed by atoms with Gasteiger partial charge in [-0.15, -0.1) is 0 Å². The van der Waals surface area contributed by atoms with E-state index < -0.39 is 6.10 Å². The van der Waals surface area contributed by atoms with Crippen molar-refractivity contribution >= 4 is 17.9 Å². The third-order valence-corrected chi connectivity index (χ3v) is 12.0. The van der Waals surface area contributed by atoms with E-state index in [4.69, 9.17) is 14.2 Å². The van der Waals surface area contributed by atoms with Gasteiger partial charge in [-0.3, -0.25) is 14.4 Å². The number of hydrogen-bond acceptors (Lipinski definition) is 6. The Bertz CT molecular complexity index is 1120. The molecule has 64 heavy (non-hydrogen) atoms. The van der Waals surface area contributed by atoms with Gasteiger partial charge in [0.15, 0.2) is 6.10 Å². The molecule has 0 heterocycles. The lowest BCUT2D eigenvalue weighted by Gasteiger charge is -2.18. The van der Waals surface area contributed by atoms with Crippen LogP contribution in [0.2, 0.25) is 0 Å². The fourth-order valence-electron chi connectivity index (χ4n) is 7.86.